The maximum Gasteiger partial charge on any atom is 0.179 e. The largest absolute Gasteiger partial charge is 0.395 e. The molecule has 1 N–H and O–H groups in total. The number of aliphatic hydroxyl groups is 1. The topological polar surface area (TPSA) is 40.5 Å². The summed E-state index contributed by atoms with van der Waals surface area (Å²) in [6, 6.07) is 6.21. The molecule has 20 heavy (non-hydrogen) atoms. The fraction of sp³-hybridized carbons (Fsp3) is 0.588. The van der Waals surface area contributed by atoms with E-state index < -0.39 is 0 Å². The molecular formula is C17H25NO2. The van der Waals surface area contributed by atoms with Crippen LogP contribution in [0.3, 0.4) is 0 Å². The summed E-state index contributed by atoms with van der Waals surface area (Å²) in [6.07, 6.45) is 3.52. The molecule has 1 aliphatic carbocycles. The first-order valence-electron chi connectivity index (χ1n) is 7.52. The van der Waals surface area contributed by atoms with Gasteiger partial charge in [0.1, 0.15) is 0 Å². The van der Waals surface area contributed by atoms with Crippen LogP contribution in [0.4, 0.5) is 0 Å². The van der Waals surface area contributed by atoms with Crippen molar-refractivity contribution in [2.24, 2.45) is 0 Å². The number of aliphatic hydroxyl groups excluding tert-OH is 1. The third-order valence-electron chi connectivity index (χ3n) is 4.57. The van der Waals surface area contributed by atoms with Gasteiger partial charge in [-0.25, -0.2) is 0 Å². The molecule has 110 valence electrons. The number of rotatable bonds is 6. The highest BCUT2D eigenvalue weighted by molar-refractivity contribution is 6.00. The second kappa shape index (κ2) is 6.51. The van der Waals surface area contributed by atoms with Gasteiger partial charge in [0.2, 0.25) is 0 Å². The summed E-state index contributed by atoms with van der Waals surface area (Å²) in [5.74, 6) is 0.161. The van der Waals surface area contributed by atoms with E-state index in [1.165, 1.54) is 12.0 Å². The molecule has 0 amide bonds. The molecule has 0 spiro atoms. The average molecular weight is 275 g/mol. The van der Waals surface area contributed by atoms with Gasteiger partial charge in [0.15, 0.2) is 5.78 Å². The minimum Gasteiger partial charge on any atom is -0.395 e. The van der Waals surface area contributed by atoms with E-state index >= 15 is 0 Å². The van der Waals surface area contributed by atoms with Crippen molar-refractivity contribution >= 4 is 5.78 Å². The van der Waals surface area contributed by atoms with Crippen LogP contribution in [0.2, 0.25) is 0 Å². The molecule has 1 saturated carbocycles. The Kier molecular flexibility index (Phi) is 4.95. The number of ketones is 1. The lowest BCUT2D eigenvalue weighted by molar-refractivity contribution is 0.0528. The van der Waals surface area contributed by atoms with Gasteiger partial charge in [-0.1, -0.05) is 18.6 Å². The maximum atomic E-state index is 12.6. The number of nitrogens with zero attached hydrogens (tertiary/aromatic N) is 1. The maximum absolute atomic E-state index is 12.6. The molecular weight excluding hydrogens is 250 g/mol. The van der Waals surface area contributed by atoms with Crippen LogP contribution in [-0.4, -0.2) is 41.0 Å². The summed E-state index contributed by atoms with van der Waals surface area (Å²) >= 11 is 0. The molecule has 2 rings (SSSR count). The summed E-state index contributed by atoms with van der Waals surface area (Å²) in [7, 11) is 0. The Morgan fingerprint density at radius 3 is 2.55 bits per heavy atom. The zero-order valence-corrected chi connectivity index (χ0v) is 12.7. The Bertz CT molecular complexity index is 480. The van der Waals surface area contributed by atoms with Gasteiger partial charge < -0.3 is 5.11 Å². The lowest BCUT2D eigenvalue weighted by atomic mass is 9.89. The van der Waals surface area contributed by atoms with Crippen LogP contribution in [0.25, 0.3) is 0 Å². The van der Waals surface area contributed by atoms with E-state index in [9.17, 15) is 9.90 Å². The molecule has 0 heterocycles. The summed E-state index contributed by atoms with van der Waals surface area (Å²) < 4.78 is 0. The second-order valence-electron chi connectivity index (χ2n) is 5.89. The standard InChI is InChI=1S/C17H25NO2/c1-12-7-8-15(11-13(12)2)17(20)14(3)18(9-10-19)16-5-4-6-16/h7-8,11,14,16,19H,4-6,9-10H2,1-3H3. The van der Waals surface area contributed by atoms with E-state index in [1.807, 2.05) is 32.0 Å². The van der Waals surface area contributed by atoms with Gasteiger partial charge in [-0.15, -0.1) is 0 Å². The summed E-state index contributed by atoms with van der Waals surface area (Å²) in [5.41, 5.74) is 3.14. The normalized spacial score (nSPS) is 17.1. The summed E-state index contributed by atoms with van der Waals surface area (Å²) in [6.45, 7) is 6.75. The minimum absolute atomic E-state index is 0.112. The number of benzene rings is 1. The van der Waals surface area contributed by atoms with Crippen LogP contribution >= 0.6 is 0 Å². The first-order chi connectivity index (χ1) is 9.54. The molecule has 0 aliphatic heterocycles. The number of hydrogen-bond acceptors (Lipinski definition) is 3. The van der Waals surface area contributed by atoms with Gasteiger partial charge in [0.25, 0.3) is 0 Å². The zero-order valence-electron chi connectivity index (χ0n) is 12.7. The summed E-state index contributed by atoms with van der Waals surface area (Å²) in [4.78, 5) is 14.8. The number of aryl methyl sites for hydroxylation is 2. The Morgan fingerprint density at radius 1 is 1.35 bits per heavy atom. The molecule has 1 aromatic carbocycles. The van der Waals surface area contributed by atoms with Gasteiger partial charge in [-0.05, 0) is 50.8 Å². The van der Waals surface area contributed by atoms with E-state index in [1.54, 1.807) is 0 Å². The lowest BCUT2D eigenvalue weighted by Gasteiger charge is -2.40. The third-order valence-corrected chi connectivity index (χ3v) is 4.57. The predicted octanol–water partition coefficient (Wildman–Crippen LogP) is 2.72. The lowest BCUT2D eigenvalue weighted by Crippen LogP contribution is -2.49. The van der Waals surface area contributed by atoms with Gasteiger partial charge in [-0.3, -0.25) is 9.69 Å². The van der Waals surface area contributed by atoms with Crippen molar-refractivity contribution in [2.45, 2.75) is 52.1 Å². The number of carbonyl (C=O) groups is 1. The van der Waals surface area contributed by atoms with Crippen LogP contribution in [-0.2, 0) is 0 Å². The average Bonchev–Trinajstić information content (AvgIpc) is 2.37. The van der Waals surface area contributed by atoms with Crippen molar-refractivity contribution in [1.82, 2.24) is 4.90 Å². The van der Waals surface area contributed by atoms with Crippen LogP contribution in [0.5, 0.6) is 0 Å². The highest BCUT2D eigenvalue weighted by Gasteiger charge is 2.31. The van der Waals surface area contributed by atoms with Gasteiger partial charge in [0, 0.05) is 18.2 Å². The smallest absolute Gasteiger partial charge is 0.179 e. The fourth-order valence-corrected chi connectivity index (χ4v) is 2.81. The molecule has 0 radical (unpaired) electrons. The third kappa shape index (κ3) is 3.10. The number of Topliss-reactive ketones (excluding diaryl/α,β-unsaturated/α-hetero) is 1. The molecule has 1 aromatic rings. The van der Waals surface area contributed by atoms with Crippen molar-refractivity contribution in [3.8, 4) is 0 Å². The quantitative estimate of drug-likeness (QED) is 0.812. The Hall–Kier alpha value is -1.19. The minimum atomic E-state index is -0.158. The molecule has 0 aromatic heterocycles. The zero-order chi connectivity index (χ0) is 14.7. The molecule has 1 atom stereocenters. The molecule has 1 unspecified atom stereocenters. The summed E-state index contributed by atoms with van der Waals surface area (Å²) in [5, 5.41) is 9.23. The van der Waals surface area contributed by atoms with E-state index in [-0.39, 0.29) is 18.4 Å². The second-order valence-corrected chi connectivity index (χ2v) is 5.89. The van der Waals surface area contributed by atoms with E-state index in [2.05, 4.69) is 11.8 Å². The first kappa shape index (κ1) is 15.2. The van der Waals surface area contributed by atoms with Gasteiger partial charge >= 0.3 is 0 Å². The van der Waals surface area contributed by atoms with E-state index in [0.29, 0.717) is 12.6 Å². The van der Waals surface area contributed by atoms with E-state index in [0.717, 1.165) is 24.0 Å². The SMILES string of the molecule is Cc1ccc(C(=O)C(C)N(CCO)C2CCC2)cc1C. The Morgan fingerprint density at radius 2 is 2.05 bits per heavy atom. The molecule has 3 nitrogen and oxygen atoms in total. The highest BCUT2D eigenvalue weighted by Crippen LogP contribution is 2.27. The van der Waals surface area contributed by atoms with Crippen molar-refractivity contribution in [2.75, 3.05) is 13.2 Å². The Labute approximate surface area is 121 Å². The molecule has 0 saturated heterocycles. The fourth-order valence-electron chi connectivity index (χ4n) is 2.81. The number of carbonyl (C=O) groups excluding carboxylic acids is 1. The highest BCUT2D eigenvalue weighted by atomic mass is 16.3. The van der Waals surface area contributed by atoms with Gasteiger partial charge in [-0.2, -0.15) is 0 Å². The van der Waals surface area contributed by atoms with Crippen LogP contribution < -0.4 is 0 Å². The monoisotopic (exact) mass is 275 g/mol. The van der Waals surface area contributed by atoms with Crippen molar-refractivity contribution in [3.63, 3.8) is 0 Å². The van der Waals surface area contributed by atoms with Gasteiger partial charge in [0.05, 0.1) is 12.6 Å². The van der Waals surface area contributed by atoms with Crippen molar-refractivity contribution in [1.29, 1.82) is 0 Å². The number of hydrogen-bond donors (Lipinski definition) is 1. The molecule has 3 heteroatoms. The predicted molar refractivity (Wildman–Crippen MR) is 81.1 cm³/mol. The Balaban J connectivity index is 2.14. The molecule has 0 bridgehead atoms. The molecule has 1 fully saturated rings. The van der Waals surface area contributed by atoms with E-state index in [4.69, 9.17) is 0 Å². The van der Waals surface area contributed by atoms with Crippen molar-refractivity contribution < 1.29 is 9.90 Å². The molecule has 1 aliphatic rings. The first-order valence-corrected chi connectivity index (χ1v) is 7.52. The van der Waals surface area contributed by atoms with Crippen LogP contribution in [0.15, 0.2) is 18.2 Å². The van der Waals surface area contributed by atoms with Crippen LogP contribution in [0, 0.1) is 13.8 Å². The van der Waals surface area contributed by atoms with Crippen molar-refractivity contribution in [3.05, 3.63) is 34.9 Å². The van der Waals surface area contributed by atoms with Crippen LogP contribution in [0.1, 0.15) is 47.7 Å².